The standard InChI is InChI=1S/C23H25N3O4S/c1-17-13-15-26(16-14-17)31(27,28)21-10-6-19(7-11-21)23-24-22(30-25-23)12-5-18-3-8-20(29-2)9-4-18/h3-12,17H,13-16H2,1-2H3/b12-5+. The molecule has 8 heteroatoms. The summed E-state index contributed by atoms with van der Waals surface area (Å²) in [5, 5.41) is 4.00. The van der Waals surface area contributed by atoms with E-state index in [0.29, 0.717) is 36.3 Å². The summed E-state index contributed by atoms with van der Waals surface area (Å²) >= 11 is 0. The van der Waals surface area contributed by atoms with Gasteiger partial charge in [0, 0.05) is 24.7 Å². The number of methoxy groups -OCH3 is 1. The molecule has 0 spiro atoms. The maximum Gasteiger partial charge on any atom is 0.250 e. The Kier molecular flexibility index (Phi) is 6.20. The van der Waals surface area contributed by atoms with Crippen LogP contribution in [0, 0.1) is 5.92 Å². The summed E-state index contributed by atoms with van der Waals surface area (Å²) in [5.74, 6) is 2.13. The normalized spacial score (nSPS) is 16.1. The van der Waals surface area contributed by atoms with E-state index < -0.39 is 10.0 Å². The van der Waals surface area contributed by atoms with Gasteiger partial charge >= 0.3 is 0 Å². The highest BCUT2D eigenvalue weighted by atomic mass is 32.2. The minimum atomic E-state index is -3.47. The van der Waals surface area contributed by atoms with Crippen LogP contribution in [-0.4, -0.2) is 43.1 Å². The van der Waals surface area contributed by atoms with Crippen LogP contribution >= 0.6 is 0 Å². The molecule has 0 amide bonds. The SMILES string of the molecule is COc1ccc(/C=C/c2nc(-c3ccc(S(=O)(=O)N4CCC(C)CC4)cc3)no2)cc1. The molecule has 2 heterocycles. The van der Waals surface area contributed by atoms with Crippen molar-refractivity contribution in [3.8, 4) is 17.1 Å². The lowest BCUT2D eigenvalue weighted by molar-refractivity contribution is 0.288. The molecule has 2 aromatic carbocycles. The Balaban J connectivity index is 1.46. The molecular formula is C23H25N3O4S. The fourth-order valence-electron chi connectivity index (χ4n) is 3.45. The smallest absolute Gasteiger partial charge is 0.250 e. The van der Waals surface area contributed by atoms with Crippen molar-refractivity contribution in [1.29, 1.82) is 0 Å². The van der Waals surface area contributed by atoms with Crippen molar-refractivity contribution in [2.45, 2.75) is 24.7 Å². The quantitative estimate of drug-likeness (QED) is 0.568. The number of hydrogen-bond acceptors (Lipinski definition) is 6. The summed E-state index contributed by atoms with van der Waals surface area (Å²) in [6.45, 7) is 3.30. The maximum absolute atomic E-state index is 12.9. The summed E-state index contributed by atoms with van der Waals surface area (Å²) in [4.78, 5) is 4.66. The van der Waals surface area contributed by atoms with E-state index in [1.807, 2.05) is 30.3 Å². The number of rotatable bonds is 6. The van der Waals surface area contributed by atoms with Crippen LogP contribution in [0.3, 0.4) is 0 Å². The van der Waals surface area contributed by atoms with Gasteiger partial charge in [-0.1, -0.05) is 24.2 Å². The first-order valence-corrected chi connectivity index (χ1v) is 11.7. The molecule has 31 heavy (non-hydrogen) atoms. The third-order valence-electron chi connectivity index (χ3n) is 5.47. The average molecular weight is 440 g/mol. The third kappa shape index (κ3) is 4.86. The Hall–Kier alpha value is -2.97. The van der Waals surface area contributed by atoms with Crippen LogP contribution < -0.4 is 4.74 Å². The van der Waals surface area contributed by atoms with Crippen LogP contribution in [-0.2, 0) is 10.0 Å². The fourth-order valence-corrected chi connectivity index (χ4v) is 4.92. The van der Waals surface area contributed by atoms with E-state index >= 15 is 0 Å². The van der Waals surface area contributed by atoms with E-state index in [-0.39, 0.29) is 4.90 Å². The number of nitrogens with zero attached hydrogens (tertiary/aromatic N) is 3. The Morgan fingerprint density at radius 1 is 1.03 bits per heavy atom. The second-order valence-corrected chi connectivity index (χ2v) is 9.61. The molecule has 0 radical (unpaired) electrons. The van der Waals surface area contributed by atoms with Gasteiger partial charge in [0.05, 0.1) is 12.0 Å². The molecule has 3 aromatic rings. The molecular weight excluding hydrogens is 414 g/mol. The highest BCUT2D eigenvalue weighted by Crippen LogP contribution is 2.25. The minimum Gasteiger partial charge on any atom is -0.497 e. The zero-order valence-corrected chi connectivity index (χ0v) is 18.4. The Morgan fingerprint density at radius 3 is 2.35 bits per heavy atom. The molecule has 162 valence electrons. The number of benzene rings is 2. The molecule has 1 aliphatic heterocycles. The van der Waals surface area contributed by atoms with Gasteiger partial charge in [0.25, 0.3) is 5.89 Å². The van der Waals surface area contributed by atoms with Crippen molar-refractivity contribution < 1.29 is 17.7 Å². The second kappa shape index (κ2) is 9.03. The zero-order chi connectivity index (χ0) is 21.8. The Morgan fingerprint density at radius 2 is 1.71 bits per heavy atom. The molecule has 0 N–H and O–H groups in total. The van der Waals surface area contributed by atoms with E-state index in [4.69, 9.17) is 9.26 Å². The van der Waals surface area contributed by atoms with Gasteiger partial charge in [-0.15, -0.1) is 0 Å². The first kappa shape index (κ1) is 21.3. The van der Waals surface area contributed by atoms with Crippen molar-refractivity contribution >= 4 is 22.2 Å². The molecule has 0 bridgehead atoms. The number of piperidine rings is 1. The number of hydrogen-bond donors (Lipinski definition) is 0. The van der Waals surface area contributed by atoms with Crippen LogP contribution in [0.2, 0.25) is 0 Å². The lowest BCUT2D eigenvalue weighted by Crippen LogP contribution is -2.37. The second-order valence-electron chi connectivity index (χ2n) is 7.67. The lowest BCUT2D eigenvalue weighted by atomic mass is 10.0. The number of aromatic nitrogens is 2. The van der Waals surface area contributed by atoms with Crippen LogP contribution in [0.5, 0.6) is 5.75 Å². The monoisotopic (exact) mass is 439 g/mol. The van der Waals surface area contributed by atoms with Gasteiger partial charge < -0.3 is 9.26 Å². The molecule has 4 rings (SSSR count). The van der Waals surface area contributed by atoms with Gasteiger partial charge in [-0.2, -0.15) is 9.29 Å². The predicted molar refractivity (Wildman–Crippen MR) is 119 cm³/mol. The van der Waals surface area contributed by atoms with Crippen LogP contribution in [0.15, 0.2) is 57.9 Å². The summed E-state index contributed by atoms with van der Waals surface area (Å²) in [6.07, 6.45) is 5.39. The van der Waals surface area contributed by atoms with E-state index in [1.54, 1.807) is 41.8 Å². The van der Waals surface area contributed by atoms with Crippen molar-refractivity contribution in [3.05, 3.63) is 60.0 Å². The molecule has 0 saturated carbocycles. The fraction of sp³-hybridized carbons (Fsp3) is 0.304. The summed E-state index contributed by atoms with van der Waals surface area (Å²) in [5.41, 5.74) is 1.67. The van der Waals surface area contributed by atoms with E-state index in [0.717, 1.165) is 24.2 Å². The molecule has 1 saturated heterocycles. The molecule has 0 unspecified atom stereocenters. The van der Waals surface area contributed by atoms with Gasteiger partial charge in [-0.3, -0.25) is 0 Å². The first-order chi connectivity index (χ1) is 15.0. The Labute approximate surface area is 182 Å². The van der Waals surface area contributed by atoms with Gasteiger partial charge in [0.2, 0.25) is 15.8 Å². The van der Waals surface area contributed by atoms with Gasteiger partial charge in [-0.05, 0) is 66.8 Å². The van der Waals surface area contributed by atoms with Crippen LogP contribution in [0.4, 0.5) is 0 Å². The van der Waals surface area contributed by atoms with E-state index in [2.05, 4.69) is 17.1 Å². The number of sulfonamides is 1. The largest absolute Gasteiger partial charge is 0.497 e. The van der Waals surface area contributed by atoms with E-state index in [1.165, 1.54) is 0 Å². The Bertz CT molecular complexity index is 1140. The average Bonchev–Trinajstić information content (AvgIpc) is 3.27. The molecule has 0 atom stereocenters. The molecule has 0 aliphatic carbocycles. The van der Waals surface area contributed by atoms with Crippen molar-refractivity contribution in [2.75, 3.05) is 20.2 Å². The summed E-state index contributed by atoms with van der Waals surface area (Å²) in [6, 6.07) is 14.2. The molecule has 1 fully saturated rings. The predicted octanol–water partition coefficient (Wildman–Crippen LogP) is 4.34. The van der Waals surface area contributed by atoms with Crippen molar-refractivity contribution in [2.24, 2.45) is 5.92 Å². The highest BCUT2D eigenvalue weighted by Gasteiger charge is 2.28. The minimum absolute atomic E-state index is 0.286. The summed E-state index contributed by atoms with van der Waals surface area (Å²) in [7, 11) is -1.85. The van der Waals surface area contributed by atoms with Gasteiger partial charge in [0.1, 0.15) is 5.75 Å². The van der Waals surface area contributed by atoms with Gasteiger partial charge in [-0.25, -0.2) is 8.42 Å². The third-order valence-corrected chi connectivity index (χ3v) is 7.38. The maximum atomic E-state index is 12.9. The van der Waals surface area contributed by atoms with Crippen molar-refractivity contribution in [3.63, 3.8) is 0 Å². The van der Waals surface area contributed by atoms with Gasteiger partial charge in [0.15, 0.2) is 0 Å². The topological polar surface area (TPSA) is 85.5 Å². The molecule has 7 nitrogen and oxygen atoms in total. The summed E-state index contributed by atoms with van der Waals surface area (Å²) < 4.78 is 37.7. The van der Waals surface area contributed by atoms with Crippen LogP contribution in [0.1, 0.15) is 31.2 Å². The molecule has 1 aromatic heterocycles. The van der Waals surface area contributed by atoms with Crippen molar-refractivity contribution in [1.82, 2.24) is 14.4 Å². The first-order valence-electron chi connectivity index (χ1n) is 10.2. The molecule has 1 aliphatic rings. The highest BCUT2D eigenvalue weighted by molar-refractivity contribution is 7.89. The number of ether oxygens (including phenoxy) is 1. The van der Waals surface area contributed by atoms with E-state index in [9.17, 15) is 8.42 Å². The zero-order valence-electron chi connectivity index (χ0n) is 17.6. The lowest BCUT2D eigenvalue weighted by Gasteiger charge is -2.29. The van der Waals surface area contributed by atoms with Crippen LogP contribution in [0.25, 0.3) is 23.5 Å².